The van der Waals surface area contributed by atoms with Crippen molar-refractivity contribution in [2.45, 2.75) is 13.8 Å². The molecule has 0 atom stereocenters. The molecule has 0 unspecified atom stereocenters. The van der Waals surface area contributed by atoms with Gasteiger partial charge in [0.2, 0.25) is 0 Å². The SMILES string of the molecule is CCOC(=O)/C=C/c1ccc2nc(C)ccc2c1. The van der Waals surface area contributed by atoms with Crippen molar-refractivity contribution in [3.63, 3.8) is 0 Å². The van der Waals surface area contributed by atoms with E-state index >= 15 is 0 Å². The van der Waals surface area contributed by atoms with Crippen LogP contribution in [0.25, 0.3) is 17.0 Å². The summed E-state index contributed by atoms with van der Waals surface area (Å²) in [4.78, 5) is 15.6. The molecule has 2 aromatic rings. The molecular formula is C15H15NO2. The topological polar surface area (TPSA) is 39.2 Å². The summed E-state index contributed by atoms with van der Waals surface area (Å²) in [5.74, 6) is -0.320. The summed E-state index contributed by atoms with van der Waals surface area (Å²) in [5, 5.41) is 1.06. The minimum atomic E-state index is -0.320. The van der Waals surface area contributed by atoms with Gasteiger partial charge in [-0.05, 0) is 43.7 Å². The summed E-state index contributed by atoms with van der Waals surface area (Å²) >= 11 is 0. The number of aromatic nitrogens is 1. The van der Waals surface area contributed by atoms with Crippen LogP contribution in [0.15, 0.2) is 36.4 Å². The van der Waals surface area contributed by atoms with Crippen LogP contribution < -0.4 is 0 Å². The molecule has 1 aromatic carbocycles. The number of carbonyl (C=O) groups is 1. The smallest absolute Gasteiger partial charge is 0.330 e. The van der Waals surface area contributed by atoms with Crippen molar-refractivity contribution in [2.75, 3.05) is 6.61 Å². The fraction of sp³-hybridized carbons (Fsp3) is 0.200. The monoisotopic (exact) mass is 241 g/mol. The molecule has 1 aromatic heterocycles. The van der Waals surface area contributed by atoms with Crippen LogP contribution >= 0.6 is 0 Å². The summed E-state index contributed by atoms with van der Waals surface area (Å²) in [6.45, 7) is 4.15. The Labute approximate surface area is 106 Å². The second-order valence-electron chi connectivity index (χ2n) is 3.99. The molecule has 0 bridgehead atoms. The van der Waals surface area contributed by atoms with E-state index in [1.807, 2.05) is 37.3 Å². The predicted octanol–water partition coefficient (Wildman–Crippen LogP) is 3.12. The van der Waals surface area contributed by atoms with Crippen molar-refractivity contribution in [3.05, 3.63) is 47.7 Å². The summed E-state index contributed by atoms with van der Waals surface area (Å²) in [5.41, 5.74) is 2.92. The van der Waals surface area contributed by atoms with Crippen LogP contribution in [-0.2, 0) is 9.53 Å². The maximum Gasteiger partial charge on any atom is 0.330 e. The van der Waals surface area contributed by atoms with Gasteiger partial charge in [0.25, 0.3) is 0 Å². The summed E-state index contributed by atoms with van der Waals surface area (Å²) in [6, 6.07) is 9.88. The molecule has 0 aliphatic rings. The maximum atomic E-state index is 11.2. The van der Waals surface area contributed by atoms with Gasteiger partial charge >= 0.3 is 5.97 Å². The van der Waals surface area contributed by atoms with Gasteiger partial charge in [0.05, 0.1) is 12.1 Å². The van der Waals surface area contributed by atoms with Crippen molar-refractivity contribution in [1.29, 1.82) is 0 Å². The van der Waals surface area contributed by atoms with Crippen molar-refractivity contribution in [2.24, 2.45) is 0 Å². The first kappa shape index (κ1) is 12.3. The van der Waals surface area contributed by atoms with Gasteiger partial charge in [-0.2, -0.15) is 0 Å². The number of pyridine rings is 1. The number of aryl methyl sites for hydroxylation is 1. The molecule has 92 valence electrons. The van der Waals surface area contributed by atoms with Crippen LogP contribution in [0, 0.1) is 6.92 Å². The van der Waals surface area contributed by atoms with Gasteiger partial charge < -0.3 is 4.74 Å². The standard InChI is InChI=1S/C15H15NO2/c1-3-18-15(17)9-6-12-5-8-14-13(10-12)7-4-11(2)16-14/h4-10H,3H2,1-2H3/b9-6+. The number of fused-ring (bicyclic) bond motifs is 1. The van der Waals surface area contributed by atoms with E-state index < -0.39 is 0 Å². The van der Waals surface area contributed by atoms with Crippen LogP contribution in [-0.4, -0.2) is 17.6 Å². The van der Waals surface area contributed by atoms with E-state index in [0.29, 0.717) is 6.61 Å². The molecule has 18 heavy (non-hydrogen) atoms. The predicted molar refractivity (Wildman–Crippen MR) is 72.1 cm³/mol. The lowest BCUT2D eigenvalue weighted by atomic mass is 10.1. The fourth-order valence-electron chi connectivity index (χ4n) is 1.70. The number of nitrogens with zero attached hydrogens (tertiary/aromatic N) is 1. The van der Waals surface area contributed by atoms with Crippen molar-refractivity contribution < 1.29 is 9.53 Å². The molecule has 0 radical (unpaired) electrons. The summed E-state index contributed by atoms with van der Waals surface area (Å²) in [7, 11) is 0. The average Bonchev–Trinajstić information content (AvgIpc) is 2.36. The number of hydrogen-bond acceptors (Lipinski definition) is 3. The third-order valence-corrected chi connectivity index (χ3v) is 2.55. The maximum absolute atomic E-state index is 11.2. The van der Waals surface area contributed by atoms with Crippen LogP contribution in [0.4, 0.5) is 0 Å². The third kappa shape index (κ3) is 2.94. The van der Waals surface area contributed by atoms with E-state index in [1.54, 1.807) is 13.0 Å². The molecule has 1 heterocycles. The van der Waals surface area contributed by atoms with Gasteiger partial charge in [-0.1, -0.05) is 12.1 Å². The Hall–Kier alpha value is -2.16. The quantitative estimate of drug-likeness (QED) is 0.612. The normalized spacial score (nSPS) is 11.0. The largest absolute Gasteiger partial charge is 0.463 e. The van der Waals surface area contributed by atoms with E-state index in [4.69, 9.17) is 4.74 Å². The molecule has 0 N–H and O–H groups in total. The minimum absolute atomic E-state index is 0.320. The number of benzene rings is 1. The number of carbonyl (C=O) groups excluding carboxylic acids is 1. The number of ether oxygens (including phenoxy) is 1. The second-order valence-corrected chi connectivity index (χ2v) is 3.99. The fourth-order valence-corrected chi connectivity index (χ4v) is 1.70. The van der Waals surface area contributed by atoms with Crippen molar-refractivity contribution in [3.8, 4) is 0 Å². The highest BCUT2D eigenvalue weighted by Crippen LogP contribution is 2.15. The van der Waals surface area contributed by atoms with E-state index in [2.05, 4.69) is 4.98 Å². The van der Waals surface area contributed by atoms with Gasteiger partial charge in [-0.25, -0.2) is 4.79 Å². The Kier molecular flexibility index (Phi) is 3.72. The molecule has 0 fully saturated rings. The van der Waals surface area contributed by atoms with E-state index in [-0.39, 0.29) is 5.97 Å². The lowest BCUT2D eigenvalue weighted by molar-refractivity contribution is -0.137. The second kappa shape index (κ2) is 5.45. The number of hydrogen-bond donors (Lipinski definition) is 0. The summed E-state index contributed by atoms with van der Waals surface area (Å²) < 4.78 is 4.83. The Bertz CT molecular complexity index is 602. The van der Waals surface area contributed by atoms with Gasteiger partial charge in [-0.15, -0.1) is 0 Å². The zero-order chi connectivity index (χ0) is 13.0. The Morgan fingerprint density at radius 3 is 2.94 bits per heavy atom. The lowest BCUT2D eigenvalue weighted by Crippen LogP contribution is -1.98. The first-order valence-electron chi connectivity index (χ1n) is 5.91. The molecule has 0 saturated carbocycles. The van der Waals surface area contributed by atoms with Gasteiger partial charge in [-0.3, -0.25) is 4.98 Å². The Morgan fingerprint density at radius 1 is 1.33 bits per heavy atom. The van der Waals surface area contributed by atoms with Gasteiger partial charge in [0.1, 0.15) is 0 Å². The Morgan fingerprint density at radius 2 is 2.17 bits per heavy atom. The zero-order valence-corrected chi connectivity index (χ0v) is 10.5. The first-order valence-corrected chi connectivity index (χ1v) is 5.91. The van der Waals surface area contributed by atoms with Gasteiger partial charge in [0, 0.05) is 17.2 Å². The average molecular weight is 241 g/mol. The van der Waals surface area contributed by atoms with Crippen LogP contribution in [0.1, 0.15) is 18.2 Å². The first-order chi connectivity index (χ1) is 8.69. The number of esters is 1. The molecule has 2 rings (SSSR count). The van der Waals surface area contributed by atoms with Crippen LogP contribution in [0.5, 0.6) is 0 Å². The lowest BCUT2D eigenvalue weighted by Gasteiger charge is -2.00. The van der Waals surface area contributed by atoms with Crippen molar-refractivity contribution >= 4 is 22.9 Å². The molecule has 0 saturated heterocycles. The molecule has 3 heteroatoms. The van der Waals surface area contributed by atoms with Crippen LogP contribution in [0.2, 0.25) is 0 Å². The van der Waals surface area contributed by atoms with Crippen molar-refractivity contribution in [1.82, 2.24) is 4.98 Å². The van der Waals surface area contributed by atoms with E-state index in [1.165, 1.54) is 6.08 Å². The summed E-state index contributed by atoms with van der Waals surface area (Å²) in [6.07, 6.45) is 3.18. The third-order valence-electron chi connectivity index (χ3n) is 2.55. The molecule has 0 aliphatic carbocycles. The molecule has 0 aliphatic heterocycles. The molecular weight excluding hydrogens is 226 g/mol. The molecule has 0 spiro atoms. The van der Waals surface area contributed by atoms with E-state index in [0.717, 1.165) is 22.2 Å². The highest BCUT2D eigenvalue weighted by Gasteiger charge is 1.97. The Balaban J connectivity index is 2.25. The zero-order valence-electron chi connectivity index (χ0n) is 10.5. The molecule has 0 amide bonds. The number of rotatable bonds is 3. The van der Waals surface area contributed by atoms with Gasteiger partial charge in [0.15, 0.2) is 0 Å². The van der Waals surface area contributed by atoms with E-state index in [9.17, 15) is 4.79 Å². The molecule has 3 nitrogen and oxygen atoms in total. The minimum Gasteiger partial charge on any atom is -0.463 e. The highest BCUT2D eigenvalue weighted by molar-refractivity contribution is 5.88. The van der Waals surface area contributed by atoms with Crippen LogP contribution in [0.3, 0.4) is 0 Å². The highest BCUT2D eigenvalue weighted by atomic mass is 16.5.